The predicted molar refractivity (Wildman–Crippen MR) is 149 cm³/mol. The highest BCUT2D eigenvalue weighted by Gasteiger charge is 2.28. The molecular weight excluding hydrogens is 505 g/mol. The molecule has 0 unspecified atom stereocenters. The minimum atomic E-state index is -3.23. The highest BCUT2D eigenvalue weighted by atomic mass is 32.2. The molecular formula is C27H30FN7O2S. The van der Waals surface area contributed by atoms with Crippen LogP contribution >= 0.6 is 0 Å². The summed E-state index contributed by atoms with van der Waals surface area (Å²) in [6.07, 6.45) is 4.28. The molecule has 4 heterocycles. The number of nitrogens with zero attached hydrogens (tertiary/aromatic N) is 6. The SMILES string of the molecule is Cc1cc(N2CCN(C)CC2)c(F)cc1Nc1ncc2ccn(-c3ccc(N4CCCS4(=O)=O)cc3)c2n1. The number of aromatic nitrogens is 3. The average molecular weight is 536 g/mol. The Kier molecular flexibility index (Phi) is 6.19. The molecule has 0 amide bonds. The van der Waals surface area contributed by atoms with Crippen molar-refractivity contribution in [3.63, 3.8) is 0 Å². The minimum absolute atomic E-state index is 0.186. The highest BCUT2D eigenvalue weighted by Crippen LogP contribution is 2.30. The molecule has 0 saturated carbocycles. The summed E-state index contributed by atoms with van der Waals surface area (Å²) in [5.74, 6) is 0.283. The molecule has 0 atom stereocenters. The number of nitrogens with one attached hydrogen (secondary N) is 1. The summed E-state index contributed by atoms with van der Waals surface area (Å²) in [5.41, 5.74) is 4.36. The van der Waals surface area contributed by atoms with Crippen LogP contribution in [0, 0.1) is 12.7 Å². The molecule has 2 aliphatic rings. The van der Waals surface area contributed by atoms with Gasteiger partial charge in [0.05, 0.1) is 17.1 Å². The van der Waals surface area contributed by atoms with Crippen LogP contribution in [0.3, 0.4) is 0 Å². The Morgan fingerprint density at radius 2 is 1.71 bits per heavy atom. The quantitative estimate of drug-likeness (QED) is 0.415. The number of anilines is 4. The van der Waals surface area contributed by atoms with Gasteiger partial charge in [-0.15, -0.1) is 0 Å². The van der Waals surface area contributed by atoms with Crippen LogP contribution in [-0.4, -0.2) is 73.4 Å². The first-order valence-electron chi connectivity index (χ1n) is 12.7. The molecule has 0 spiro atoms. The van der Waals surface area contributed by atoms with Crippen LogP contribution in [0.4, 0.5) is 27.4 Å². The van der Waals surface area contributed by atoms with Crippen LogP contribution in [-0.2, 0) is 10.0 Å². The van der Waals surface area contributed by atoms with Crippen molar-refractivity contribution in [3.8, 4) is 5.69 Å². The van der Waals surface area contributed by atoms with Crippen molar-refractivity contribution >= 4 is 44.1 Å². The fourth-order valence-corrected chi connectivity index (χ4v) is 6.67. The summed E-state index contributed by atoms with van der Waals surface area (Å²) in [4.78, 5) is 13.5. The van der Waals surface area contributed by atoms with Gasteiger partial charge in [-0.2, -0.15) is 4.98 Å². The number of likely N-dealkylation sites (N-methyl/N-ethyl adjacent to an activating group) is 1. The second kappa shape index (κ2) is 9.55. The fourth-order valence-electron chi connectivity index (χ4n) is 5.11. The smallest absolute Gasteiger partial charge is 0.235 e. The summed E-state index contributed by atoms with van der Waals surface area (Å²) >= 11 is 0. The Labute approximate surface area is 221 Å². The predicted octanol–water partition coefficient (Wildman–Crippen LogP) is 3.90. The maximum Gasteiger partial charge on any atom is 0.235 e. The zero-order valence-electron chi connectivity index (χ0n) is 21.4. The summed E-state index contributed by atoms with van der Waals surface area (Å²) in [6.45, 7) is 5.87. The van der Waals surface area contributed by atoms with Crippen LogP contribution in [0.15, 0.2) is 54.9 Å². The van der Waals surface area contributed by atoms with E-state index in [2.05, 4.69) is 27.1 Å². The lowest BCUT2D eigenvalue weighted by Gasteiger charge is -2.34. The van der Waals surface area contributed by atoms with Gasteiger partial charge in [0.15, 0.2) is 0 Å². The molecule has 4 aromatic rings. The zero-order chi connectivity index (χ0) is 26.4. The maximum atomic E-state index is 15.1. The first kappa shape index (κ1) is 24.6. The number of sulfonamides is 1. The van der Waals surface area contributed by atoms with Crippen molar-refractivity contribution in [1.82, 2.24) is 19.4 Å². The van der Waals surface area contributed by atoms with Crippen LogP contribution < -0.4 is 14.5 Å². The topological polar surface area (TPSA) is 86.6 Å². The van der Waals surface area contributed by atoms with Gasteiger partial charge in [0.1, 0.15) is 11.5 Å². The van der Waals surface area contributed by atoms with Crippen LogP contribution in [0.5, 0.6) is 0 Å². The Bertz CT molecular complexity index is 1600. The van der Waals surface area contributed by atoms with Crippen molar-refractivity contribution in [2.75, 3.05) is 60.0 Å². The summed E-state index contributed by atoms with van der Waals surface area (Å²) in [6, 6.07) is 12.7. The van der Waals surface area contributed by atoms with E-state index in [0.717, 1.165) is 42.8 Å². The molecule has 2 aromatic carbocycles. The molecule has 2 fully saturated rings. The lowest BCUT2D eigenvalue weighted by atomic mass is 10.1. The van der Waals surface area contributed by atoms with Crippen molar-refractivity contribution in [2.24, 2.45) is 0 Å². The normalized spacial score (nSPS) is 17.9. The molecule has 0 radical (unpaired) electrons. The van der Waals surface area contributed by atoms with E-state index in [9.17, 15) is 8.42 Å². The first-order valence-corrected chi connectivity index (χ1v) is 14.3. The van der Waals surface area contributed by atoms with Crippen LogP contribution in [0.25, 0.3) is 16.7 Å². The van der Waals surface area contributed by atoms with Gasteiger partial charge >= 0.3 is 0 Å². The van der Waals surface area contributed by atoms with Gasteiger partial charge in [-0.1, -0.05) is 0 Å². The van der Waals surface area contributed by atoms with Gasteiger partial charge in [-0.05, 0) is 68.4 Å². The summed E-state index contributed by atoms with van der Waals surface area (Å²) in [7, 11) is -1.15. The molecule has 2 saturated heterocycles. The number of hydrogen-bond acceptors (Lipinski definition) is 7. The number of piperazine rings is 1. The van der Waals surface area contributed by atoms with E-state index in [-0.39, 0.29) is 11.6 Å². The second-order valence-corrected chi connectivity index (χ2v) is 12.0. The maximum absolute atomic E-state index is 15.1. The number of aryl methyl sites for hydroxylation is 1. The lowest BCUT2D eigenvalue weighted by Crippen LogP contribution is -2.44. The number of benzene rings is 2. The Morgan fingerprint density at radius 3 is 2.42 bits per heavy atom. The highest BCUT2D eigenvalue weighted by molar-refractivity contribution is 7.93. The van der Waals surface area contributed by atoms with Gasteiger partial charge in [0, 0.05) is 61.9 Å². The Hall–Kier alpha value is -3.70. The number of halogens is 1. The Balaban J connectivity index is 1.26. The van der Waals surface area contributed by atoms with Crippen LogP contribution in [0.2, 0.25) is 0 Å². The number of rotatable bonds is 5. The second-order valence-electron chi connectivity index (χ2n) is 9.95. The summed E-state index contributed by atoms with van der Waals surface area (Å²) < 4.78 is 43.0. The molecule has 198 valence electrons. The molecule has 2 aromatic heterocycles. The molecule has 1 N–H and O–H groups in total. The lowest BCUT2D eigenvalue weighted by molar-refractivity contribution is 0.311. The Morgan fingerprint density at radius 1 is 0.974 bits per heavy atom. The van der Waals surface area contributed by atoms with E-state index in [0.29, 0.717) is 41.6 Å². The van der Waals surface area contributed by atoms with Crippen molar-refractivity contribution in [2.45, 2.75) is 13.3 Å². The number of fused-ring (bicyclic) bond motifs is 1. The van der Waals surface area contributed by atoms with Gasteiger partial charge in [0.2, 0.25) is 16.0 Å². The van der Waals surface area contributed by atoms with Gasteiger partial charge < -0.3 is 19.7 Å². The third kappa shape index (κ3) is 4.56. The van der Waals surface area contributed by atoms with Crippen LogP contribution in [0.1, 0.15) is 12.0 Å². The summed E-state index contributed by atoms with van der Waals surface area (Å²) in [5, 5.41) is 4.05. The largest absolute Gasteiger partial charge is 0.367 e. The number of hydrogen-bond donors (Lipinski definition) is 1. The third-order valence-electron chi connectivity index (χ3n) is 7.33. The van der Waals surface area contributed by atoms with Crippen molar-refractivity contribution in [1.29, 1.82) is 0 Å². The van der Waals surface area contributed by atoms with E-state index in [4.69, 9.17) is 4.98 Å². The molecule has 11 heteroatoms. The zero-order valence-corrected chi connectivity index (χ0v) is 22.2. The van der Waals surface area contributed by atoms with Crippen molar-refractivity contribution in [3.05, 3.63) is 66.2 Å². The molecule has 0 bridgehead atoms. The third-order valence-corrected chi connectivity index (χ3v) is 9.20. The van der Waals surface area contributed by atoms with Gasteiger partial charge in [-0.25, -0.2) is 17.8 Å². The minimum Gasteiger partial charge on any atom is -0.367 e. The van der Waals surface area contributed by atoms with E-state index in [1.54, 1.807) is 6.20 Å². The van der Waals surface area contributed by atoms with E-state index in [1.165, 1.54) is 10.4 Å². The molecule has 9 nitrogen and oxygen atoms in total. The average Bonchev–Trinajstić information content (AvgIpc) is 3.49. The molecule has 2 aliphatic heterocycles. The van der Waals surface area contributed by atoms with E-state index >= 15 is 4.39 Å². The van der Waals surface area contributed by atoms with Gasteiger partial charge in [0.25, 0.3) is 0 Å². The first-order chi connectivity index (χ1) is 18.3. The fraction of sp³-hybridized carbons (Fsp3) is 0.333. The van der Waals surface area contributed by atoms with Gasteiger partial charge in [-0.3, -0.25) is 4.31 Å². The monoisotopic (exact) mass is 535 g/mol. The van der Waals surface area contributed by atoms with E-state index < -0.39 is 10.0 Å². The van der Waals surface area contributed by atoms with Crippen molar-refractivity contribution < 1.29 is 12.8 Å². The molecule has 6 rings (SSSR count). The molecule has 38 heavy (non-hydrogen) atoms. The van der Waals surface area contributed by atoms with E-state index in [1.807, 2.05) is 54.1 Å². The standard InChI is InChI=1S/C27H30FN7O2S/c1-19-16-25(33-13-11-32(2)12-14-33)23(28)17-24(19)30-27-29-18-20-8-10-34(26(20)31-27)21-4-6-22(7-5-21)35-9-3-15-38(35,36)37/h4-8,10,16-18H,3,9,11-15H2,1-2H3,(H,29,30,31). The molecule has 0 aliphatic carbocycles.